The molecule has 18 heavy (non-hydrogen) atoms. The maximum absolute atomic E-state index is 12.4. The molecule has 0 unspecified atom stereocenters. The van der Waals surface area contributed by atoms with Crippen molar-refractivity contribution >= 4 is 11.9 Å². The first-order valence-electron chi connectivity index (χ1n) is 6.99. The summed E-state index contributed by atoms with van der Waals surface area (Å²) in [7, 11) is 0. The van der Waals surface area contributed by atoms with Crippen LogP contribution in [0.4, 0.5) is 0 Å². The molecule has 0 saturated heterocycles. The molecule has 4 bridgehead atoms. The van der Waals surface area contributed by atoms with Crippen LogP contribution < -0.4 is 5.73 Å². The maximum atomic E-state index is 12.4. The average molecular weight is 251 g/mol. The third-order valence-electron chi connectivity index (χ3n) is 5.16. The molecule has 4 fully saturated rings. The van der Waals surface area contributed by atoms with Crippen molar-refractivity contribution in [1.82, 2.24) is 0 Å². The summed E-state index contributed by atoms with van der Waals surface area (Å²) in [4.78, 5) is 23.4. The van der Waals surface area contributed by atoms with Crippen LogP contribution in [0.25, 0.3) is 0 Å². The van der Waals surface area contributed by atoms with Gasteiger partial charge in [0, 0.05) is 0 Å². The number of ether oxygens (including phenoxy) is 1. The van der Waals surface area contributed by atoms with E-state index in [1.807, 2.05) is 0 Å². The molecule has 0 aromatic heterocycles. The summed E-state index contributed by atoms with van der Waals surface area (Å²) in [5.41, 5.74) is 4.87. The molecule has 1 amide bonds. The zero-order valence-corrected chi connectivity index (χ0v) is 10.9. The number of hydrogen-bond acceptors (Lipinski definition) is 3. The van der Waals surface area contributed by atoms with Crippen LogP contribution >= 0.6 is 0 Å². The minimum absolute atomic E-state index is 0.173. The predicted octanol–water partition coefficient (Wildman–Crippen LogP) is 1.62. The fourth-order valence-corrected chi connectivity index (χ4v) is 4.70. The van der Waals surface area contributed by atoms with Crippen molar-refractivity contribution in [2.75, 3.05) is 0 Å². The molecule has 1 atom stereocenters. The molecule has 0 aliphatic heterocycles. The first-order chi connectivity index (χ1) is 8.48. The maximum Gasteiger partial charge on any atom is 0.312 e. The van der Waals surface area contributed by atoms with Gasteiger partial charge in [-0.3, -0.25) is 9.59 Å². The van der Waals surface area contributed by atoms with Crippen LogP contribution in [0.3, 0.4) is 0 Å². The molecule has 4 heteroatoms. The lowest BCUT2D eigenvalue weighted by atomic mass is 9.49. The van der Waals surface area contributed by atoms with Gasteiger partial charge in [0.1, 0.15) is 0 Å². The third kappa shape index (κ3) is 1.82. The highest BCUT2D eigenvalue weighted by molar-refractivity contribution is 5.84. The zero-order valence-electron chi connectivity index (χ0n) is 10.9. The summed E-state index contributed by atoms with van der Waals surface area (Å²) in [6.07, 6.45) is 5.95. The van der Waals surface area contributed by atoms with Gasteiger partial charge < -0.3 is 10.5 Å². The highest BCUT2D eigenvalue weighted by Crippen LogP contribution is 2.60. The molecular weight excluding hydrogens is 230 g/mol. The van der Waals surface area contributed by atoms with Crippen LogP contribution in [0, 0.1) is 23.2 Å². The molecule has 2 N–H and O–H groups in total. The van der Waals surface area contributed by atoms with Crippen LogP contribution in [-0.4, -0.2) is 18.0 Å². The lowest BCUT2D eigenvalue weighted by Crippen LogP contribution is -2.51. The Labute approximate surface area is 107 Å². The third-order valence-corrected chi connectivity index (χ3v) is 5.16. The lowest BCUT2D eigenvalue weighted by Gasteiger charge is -2.55. The van der Waals surface area contributed by atoms with E-state index >= 15 is 0 Å². The Morgan fingerprint density at radius 3 is 1.94 bits per heavy atom. The van der Waals surface area contributed by atoms with E-state index in [0.29, 0.717) is 17.8 Å². The molecule has 4 saturated carbocycles. The van der Waals surface area contributed by atoms with Gasteiger partial charge in [-0.1, -0.05) is 0 Å². The Morgan fingerprint density at radius 1 is 1.11 bits per heavy atom. The summed E-state index contributed by atoms with van der Waals surface area (Å²) in [6.45, 7) is 1.56. The average Bonchev–Trinajstić information content (AvgIpc) is 2.26. The number of hydrogen-bond donors (Lipinski definition) is 1. The molecular formula is C14H21NO3. The lowest BCUT2D eigenvalue weighted by molar-refractivity contribution is -0.178. The first-order valence-corrected chi connectivity index (χ1v) is 6.99. The normalized spacial score (nSPS) is 42.6. The van der Waals surface area contributed by atoms with Gasteiger partial charge >= 0.3 is 5.97 Å². The fraction of sp³-hybridized carbons (Fsp3) is 0.857. The van der Waals surface area contributed by atoms with E-state index in [2.05, 4.69) is 0 Å². The zero-order chi connectivity index (χ0) is 12.9. The number of amides is 1. The minimum atomic E-state index is -0.800. The summed E-state index contributed by atoms with van der Waals surface area (Å²) in [5.74, 6) is 1.37. The van der Waals surface area contributed by atoms with Crippen molar-refractivity contribution < 1.29 is 14.3 Å². The number of carbonyl (C=O) groups is 2. The molecule has 0 aromatic rings. The second kappa shape index (κ2) is 3.97. The van der Waals surface area contributed by atoms with Gasteiger partial charge in [-0.25, -0.2) is 0 Å². The SMILES string of the molecule is C[C@@H](OC(=O)C12CC3CC(CC(C3)C1)C2)C(N)=O. The summed E-state index contributed by atoms with van der Waals surface area (Å²) < 4.78 is 5.28. The molecule has 4 aliphatic carbocycles. The summed E-state index contributed by atoms with van der Waals surface area (Å²) >= 11 is 0. The number of nitrogens with two attached hydrogens (primary N) is 1. The van der Waals surface area contributed by atoms with E-state index in [-0.39, 0.29) is 11.4 Å². The molecule has 0 aromatic carbocycles. The molecule has 4 aliphatic rings. The van der Waals surface area contributed by atoms with Gasteiger partial charge in [-0.05, 0) is 63.2 Å². The van der Waals surface area contributed by atoms with Crippen molar-refractivity contribution in [1.29, 1.82) is 0 Å². The number of esters is 1. The molecule has 0 heterocycles. The Balaban J connectivity index is 1.75. The van der Waals surface area contributed by atoms with Gasteiger partial charge in [0.25, 0.3) is 5.91 Å². The van der Waals surface area contributed by atoms with E-state index in [0.717, 1.165) is 19.3 Å². The van der Waals surface area contributed by atoms with E-state index in [1.54, 1.807) is 6.92 Å². The van der Waals surface area contributed by atoms with E-state index in [4.69, 9.17) is 10.5 Å². The Hall–Kier alpha value is -1.06. The predicted molar refractivity (Wildman–Crippen MR) is 65.4 cm³/mol. The van der Waals surface area contributed by atoms with Crippen molar-refractivity contribution in [2.45, 2.75) is 51.6 Å². The van der Waals surface area contributed by atoms with Crippen LogP contribution in [0.1, 0.15) is 45.4 Å². The van der Waals surface area contributed by atoms with Gasteiger partial charge in [-0.2, -0.15) is 0 Å². The quantitative estimate of drug-likeness (QED) is 0.775. The van der Waals surface area contributed by atoms with Crippen LogP contribution in [0.5, 0.6) is 0 Å². The van der Waals surface area contributed by atoms with Crippen LogP contribution in [0.2, 0.25) is 0 Å². The second-order valence-electron chi connectivity index (χ2n) is 6.65. The topological polar surface area (TPSA) is 69.4 Å². The minimum Gasteiger partial charge on any atom is -0.452 e. The van der Waals surface area contributed by atoms with Gasteiger partial charge in [0.05, 0.1) is 5.41 Å². The smallest absolute Gasteiger partial charge is 0.312 e. The largest absolute Gasteiger partial charge is 0.452 e. The highest BCUT2D eigenvalue weighted by atomic mass is 16.5. The van der Waals surface area contributed by atoms with Crippen molar-refractivity contribution in [3.8, 4) is 0 Å². The Kier molecular flexibility index (Phi) is 2.65. The van der Waals surface area contributed by atoms with E-state index < -0.39 is 12.0 Å². The van der Waals surface area contributed by atoms with E-state index in [1.165, 1.54) is 19.3 Å². The van der Waals surface area contributed by atoms with Gasteiger partial charge in [0.15, 0.2) is 6.10 Å². The number of carbonyl (C=O) groups excluding carboxylic acids is 2. The molecule has 4 rings (SSSR count). The number of rotatable bonds is 3. The standard InChI is InChI=1S/C14H21NO3/c1-8(12(15)16)18-13(17)14-5-9-2-10(6-14)4-11(3-9)7-14/h8-11H,2-7H2,1H3,(H2,15,16)/t8-,9?,10?,11?,14?/m1/s1. The molecule has 100 valence electrons. The van der Waals surface area contributed by atoms with Crippen molar-refractivity contribution in [3.05, 3.63) is 0 Å². The fourth-order valence-electron chi connectivity index (χ4n) is 4.70. The van der Waals surface area contributed by atoms with Crippen molar-refractivity contribution in [3.63, 3.8) is 0 Å². The molecule has 0 radical (unpaired) electrons. The first kappa shape index (κ1) is 12.0. The van der Waals surface area contributed by atoms with Crippen molar-refractivity contribution in [2.24, 2.45) is 28.9 Å². The Bertz CT molecular complexity index is 355. The van der Waals surface area contributed by atoms with Gasteiger partial charge in [-0.15, -0.1) is 0 Å². The Morgan fingerprint density at radius 2 is 1.56 bits per heavy atom. The van der Waals surface area contributed by atoms with Crippen LogP contribution in [-0.2, 0) is 14.3 Å². The summed E-state index contributed by atoms with van der Waals surface area (Å²) in [5, 5.41) is 0. The second-order valence-corrected chi connectivity index (χ2v) is 6.65. The van der Waals surface area contributed by atoms with Crippen LogP contribution in [0.15, 0.2) is 0 Å². The molecule has 0 spiro atoms. The van der Waals surface area contributed by atoms with Gasteiger partial charge in [0.2, 0.25) is 0 Å². The number of primary amides is 1. The highest BCUT2D eigenvalue weighted by Gasteiger charge is 2.55. The molecule has 4 nitrogen and oxygen atoms in total. The van der Waals surface area contributed by atoms with E-state index in [9.17, 15) is 9.59 Å². The summed E-state index contributed by atoms with van der Waals surface area (Å²) in [6, 6.07) is 0. The monoisotopic (exact) mass is 251 g/mol.